The number of hydrogen-bond acceptors (Lipinski definition) is 2. The SMILES string of the molecule is N[C@H]1CC(c2cccc(F)c2F)Oc2ccc(F)cc21. The van der Waals surface area contributed by atoms with E-state index in [0.717, 1.165) is 6.07 Å². The van der Waals surface area contributed by atoms with Crippen LogP contribution in [0.4, 0.5) is 13.2 Å². The minimum Gasteiger partial charge on any atom is -0.485 e. The van der Waals surface area contributed by atoms with Gasteiger partial charge in [0.2, 0.25) is 0 Å². The van der Waals surface area contributed by atoms with Crippen LogP contribution in [0.3, 0.4) is 0 Å². The van der Waals surface area contributed by atoms with Gasteiger partial charge in [-0.25, -0.2) is 13.2 Å². The number of benzene rings is 2. The van der Waals surface area contributed by atoms with Crippen LogP contribution >= 0.6 is 0 Å². The fourth-order valence-electron chi connectivity index (χ4n) is 2.43. The Morgan fingerprint density at radius 1 is 1.05 bits per heavy atom. The van der Waals surface area contributed by atoms with Gasteiger partial charge in [0.15, 0.2) is 11.6 Å². The minimum absolute atomic E-state index is 0.121. The lowest BCUT2D eigenvalue weighted by Crippen LogP contribution is -2.25. The van der Waals surface area contributed by atoms with Crippen LogP contribution < -0.4 is 10.5 Å². The first kappa shape index (κ1) is 13.0. The number of halogens is 3. The zero-order valence-electron chi connectivity index (χ0n) is 10.4. The Morgan fingerprint density at radius 2 is 1.85 bits per heavy atom. The number of ether oxygens (including phenoxy) is 1. The van der Waals surface area contributed by atoms with Gasteiger partial charge in [0.1, 0.15) is 17.7 Å². The maximum absolute atomic E-state index is 13.8. The summed E-state index contributed by atoms with van der Waals surface area (Å²) in [7, 11) is 0. The largest absolute Gasteiger partial charge is 0.485 e. The lowest BCUT2D eigenvalue weighted by Gasteiger charge is -2.30. The van der Waals surface area contributed by atoms with Gasteiger partial charge in [-0.1, -0.05) is 12.1 Å². The van der Waals surface area contributed by atoms with Crippen molar-refractivity contribution in [1.82, 2.24) is 0 Å². The van der Waals surface area contributed by atoms with Gasteiger partial charge in [0.25, 0.3) is 0 Å². The summed E-state index contributed by atoms with van der Waals surface area (Å²) < 4.78 is 45.9. The minimum atomic E-state index is -0.935. The first-order valence-electron chi connectivity index (χ1n) is 6.22. The zero-order valence-corrected chi connectivity index (χ0v) is 10.4. The molecule has 0 aliphatic carbocycles. The van der Waals surface area contributed by atoms with Gasteiger partial charge in [0.05, 0.1) is 0 Å². The highest BCUT2D eigenvalue weighted by Gasteiger charge is 2.29. The van der Waals surface area contributed by atoms with Crippen LogP contribution in [0, 0.1) is 17.5 Å². The summed E-state index contributed by atoms with van der Waals surface area (Å²) in [5, 5.41) is 0. The number of hydrogen-bond donors (Lipinski definition) is 1. The average molecular weight is 279 g/mol. The summed E-state index contributed by atoms with van der Waals surface area (Å²) in [4.78, 5) is 0. The van der Waals surface area contributed by atoms with E-state index in [1.54, 1.807) is 0 Å². The normalized spacial score (nSPS) is 21.2. The van der Waals surface area contributed by atoms with E-state index >= 15 is 0 Å². The highest BCUT2D eigenvalue weighted by atomic mass is 19.2. The molecule has 0 bridgehead atoms. The van der Waals surface area contributed by atoms with Gasteiger partial charge in [-0.3, -0.25) is 0 Å². The third-order valence-electron chi connectivity index (χ3n) is 3.44. The molecule has 0 radical (unpaired) electrons. The summed E-state index contributed by atoms with van der Waals surface area (Å²) in [6, 6.07) is 7.45. The summed E-state index contributed by atoms with van der Waals surface area (Å²) in [5.41, 5.74) is 6.63. The van der Waals surface area contributed by atoms with Gasteiger partial charge in [-0.05, 0) is 24.3 Å². The molecule has 1 heterocycles. The Labute approximate surface area is 114 Å². The molecule has 2 aromatic carbocycles. The van der Waals surface area contributed by atoms with Crippen LogP contribution in [0.5, 0.6) is 5.75 Å². The molecular formula is C15H12F3NO. The van der Waals surface area contributed by atoms with E-state index in [1.165, 1.54) is 30.3 Å². The fourth-order valence-corrected chi connectivity index (χ4v) is 2.43. The lowest BCUT2D eigenvalue weighted by molar-refractivity contribution is 0.156. The van der Waals surface area contributed by atoms with Crippen LogP contribution in [0.25, 0.3) is 0 Å². The first-order valence-corrected chi connectivity index (χ1v) is 6.22. The van der Waals surface area contributed by atoms with Crippen molar-refractivity contribution in [1.29, 1.82) is 0 Å². The molecule has 2 N–H and O–H groups in total. The highest BCUT2D eigenvalue weighted by molar-refractivity contribution is 5.39. The van der Waals surface area contributed by atoms with Crippen LogP contribution in [-0.4, -0.2) is 0 Å². The van der Waals surface area contributed by atoms with Crippen molar-refractivity contribution < 1.29 is 17.9 Å². The van der Waals surface area contributed by atoms with Gasteiger partial charge in [0, 0.05) is 23.6 Å². The van der Waals surface area contributed by atoms with Crippen LogP contribution in [0.15, 0.2) is 36.4 Å². The van der Waals surface area contributed by atoms with E-state index in [4.69, 9.17) is 10.5 Å². The van der Waals surface area contributed by atoms with Crippen LogP contribution in [0.2, 0.25) is 0 Å². The quantitative estimate of drug-likeness (QED) is 0.865. The van der Waals surface area contributed by atoms with Crippen LogP contribution in [-0.2, 0) is 0 Å². The fraction of sp³-hybridized carbons (Fsp3) is 0.200. The van der Waals surface area contributed by atoms with E-state index in [0.29, 0.717) is 11.3 Å². The van der Waals surface area contributed by atoms with E-state index < -0.39 is 29.6 Å². The third kappa shape index (κ3) is 2.14. The molecule has 5 heteroatoms. The molecule has 0 aromatic heterocycles. The van der Waals surface area contributed by atoms with Gasteiger partial charge < -0.3 is 10.5 Å². The molecule has 2 nitrogen and oxygen atoms in total. The second-order valence-corrected chi connectivity index (χ2v) is 4.77. The topological polar surface area (TPSA) is 35.2 Å². The zero-order chi connectivity index (χ0) is 14.3. The second kappa shape index (κ2) is 4.83. The molecule has 1 unspecified atom stereocenters. The van der Waals surface area contributed by atoms with Crippen molar-refractivity contribution >= 4 is 0 Å². The molecule has 0 saturated carbocycles. The maximum Gasteiger partial charge on any atom is 0.165 e. The molecule has 20 heavy (non-hydrogen) atoms. The van der Waals surface area contributed by atoms with E-state index in [9.17, 15) is 13.2 Å². The predicted molar refractivity (Wildman–Crippen MR) is 67.7 cm³/mol. The van der Waals surface area contributed by atoms with Gasteiger partial charge >= 0.3 is 0 Å². The summed E-state index contributed by atoms with van der Waals surface area (Å²) in [5.74, 6) is -1.86. The summed E-state index contributed by atoms with van der Waals surface area (Å²) >= 11 is 0. The van der Waals surface area contributed by atoms with Gasteiger partial charge in [-0.2, -0.15) is 0 Å². The van der Waals surface area contributed by atoms with Crippen molar-refractivity contribution in [3.63, 3.8) is 0 Å². The number of rotatable bonds is 1. The molecule has 1 aliphatic heterocycles. The Kier molecular flexibility index (Phi) is 3.14. The van der Waals surface area contributed by atoms with E-state index in [1.807, 2.05) is 0 Å². The molecule has 0 spiro atoms. The van der Waals surface area contributed by atoms with Crippen LogP contribution in [0.1, 0.15) is 29.7 Å². The molecule has 1 aliphatic rings. The van der Waals surface area contributed by atoms with E-state index in [2.05, 4.69) is 0 Å². The Balaban J connectivity index is 1.99. The predicted octanol–water partition coefficient (Wildman–Crippen LogP) is 3.63. The third-order valence-corrected chi connectivity index (χ3v) is 3.44. The van der Waals surface area contributed by atoms with E-state index in [-0.39, 0.29) is 12.0 Å². The standard InChI is InChI=1S/C15H12F3NO/c16-8-4-5-13-10(6-8)12(19)7-14(20-13)9-2-1-3-11(17)15(9)18/h1-6,12,14H,7,19H2/t12-,14?/m0/s1. The molecule has 0 saturated heterocycles. The van der Waals surface area contributed by atoms with Crippen molar-refractivity contribution in [2.24, 2.45) is 5.73 Å². The average Bonchev–Trinajstić information content (AvgIpc) is 2.42. The second-order valence-electron chi connectivity index (χ2n) is 4.77. The summed E-state index contributed by atoms with van der Waals surface area (Å²) in [6.45, 7) is 0. The smallest absolute Gasteiger partial charge is 0.165 e. The van der Waals surface area contributed by atoms with Crippen molar-refractivity contribution in [3.8, 4) is 5.75 Å². The Bertz CT molecular complexity index is 660. The maximum atomic E-state index is 13.8. The van der Waals surface area contributed by atoms with Crippen molar-refractivity contribution in [2.75, 3.05) is 0 Å². The molecule has 0 fully saturated rings. The molecule has 104 valence electrons. The van der Waals surface area contributed by atoms with Crippen molar-refractivity contribution in [2.45, 2.75) is 18.6 Å². The molecule has 0 amide bonds. The molecule has 2 aromatic rings. The Morgan fingerprint density at radius 3 is 2.65 bits per heavy atom. The molecule has 3 rings (SSSR count). The number of nitrogens with two attached hydrogens (primary N) is 1. The highest BCUT2D eigenvalue weighted by Crippen LogP contribution is 2.40. The first-order chi connectivity index (χ1) is 9.56. The number of fused-ring (bicyclic) bond motifs is 1. The Hall–Kier alpha value is -2.01. The lowest BCUT2D eigenvalue weighted by atomic mass is 9.93. The molecule has 2 atom stereocenters. The summed E-state index contributed by atoms with van der Waals surface area (Å²) in [6.07, 6.45) is -0.421. The van der Waals surface area contributed by atoms with Crippen molar-refractivity contribution in [3.05, 3.63) is 65.0 Å². The monoisotopic (exact) mass is 279 g/mol. The molecular weight excluding hydrogens is 267 g/mol. The van der Waals surface area contributed by atoms with Gasteiger partial charge in [-0.15, -0.1) is 0 Å².